The van der Waals surface area contributed by atoms with E-state index in [0.29, 0.717) is 45.4 Å². The quantitative estimate of drug-likeness (QED) is 0.0667. The fraction of sp³-hybridized carbons (Fsp3) is 0.362. The Morgan fingerprint density at radius 1 is 1.02 bits per heavy atom. The van der Waals surface area contributed by atoms with E-state index in [1.807, 2.05) is 53.9 Å². The molecule has 4 aromatic heterocycles. The summed E-state index contributed by atoms with van der Waals surface area (Å²) >= 11 is 2.78. The van der Waals surface area contributed by atoms with E-state index in [1.165, 1.54) is 51.5 Å². The molecule has 0 bridgehead atoms. The van der Waals surface area contributed by atoms with Gasteiger partial charge in [-0.2, -0.15) is 0 Å². The SMILES string of the molecule is CN(CCCn1nnc2cc(CNC[C@H](O)c3ccc(O)c4[nH]c(=O)ccc34)c3c(c21)CCC3)C1CCC(OC(=O)C(O)(c2cccs2)c2ccc(-c3ccccc3)s2)CC1. The highest BCUT2D eigenvalue weighted by Gasteiger charge is 2.45. The molecule has 2 atom stereocenters. The van der Waals surface area contributed by atoms with Crippen LogP contribution in [0, 0.1) is 0 Å². The zero-order chi connectivity index (χ0) is 42.1. The molecule has 2 aliphatic carbocycles. The Morgan fingerprint density at radius 2 is 1.84 bits per heavy atom. The Hall–Kier alpha value is -5.22. The number of aromatic hydroxyl groups is 1. The Morgan fingerprint density at radius 3 is 2.64 bits per heavy atom. The maximum atomic E-state index is 13.9. The monoisotopic (exact) mass is 858 g/mol. The number of carbonyl (C=O) groups excluding carboxylic acids is 1. The molecule has 0 radical (unpaired) electrons. The predicted molar refractivity (Wildman–Crippen MR) is 239 cm³/mol. The second-order valence-electron chi connectivity index (χ2n) is 16.3. The van der Waals surface area contributed by atoms with Crippen molar-refractivity contribution < 1.29 is 24.9 Å². The van der Waals surface area contributed by atoms with E-state index < -0.39 is 17.7 Å². The average molecular weight is 859 g/mol. The van der Waals surface area contributed by atoms with E-state index >= 15 is 0 Å². The van der Waals surface area contributed by atoms with Crippen molar-refractivity contribution in [2.24, 2.45) is 0 Å². The number of nitrogens with one attached hydrogen (secondary N) is 2. The third-order valence-corrected chi connectivity index (χ3v) is 14.7. The minimum Gasteiger partial charge on any atom is -0.506 e. The molecule has 3 aromatic carbocycles. The van der Waals surface area contributed by atoms with E-state index in [-0.39, 0.29) is 17.4 Å². The minimum atomic E-state index is -1.86. The largest absolute Gasteiger partial charge is 0.506 e. The van der Waals surface area contributed by atoms with Crippen molar-refractivity contribution in [3.05, 3.63) is 133 Å². The Kier molecular flexibility index (Phi) is 11.9. The number of aromatic amines is 1. The molecule has 316 valence electrons. The van der Waals surface area contributed by atoms with Gasteiger partial charge in [-0.05, 0) is 135 Å². The number of rotatable bonds is 15. The fourth-order valence-electron chi connectivity index (χ4n) is 9.25. The van der Waals surface area contributed by atoms with Crippen LogP contribution < -0.4 is 10.9 Å². The van der Waals surface area contributed by atoms with Crippen LogP contribution in [0.4, 0.5) is 0 Å². The normalized spacial score (nSPS) is 18.1. The Balaban J connectivity index is 0.780. The number of aliphatic hydroxyl groups is 2. The van der Waals surface area contributed by atoms with Crippen molar-refractivity contribution in [1.82, 2.24) is 30.2 Å². The number of ether oxygens (including phenoxy) is 1. The van der Waals surface area contributed by atoms with Gasteiger partial charge in [-0.1, -0.05) is 47.7 Å². The first-order valence-electron chi connectivity index (χ1n) is 21.1. The molecule has 0 saturated heterocycles. The standard InChI is InChI=1S/C47H50N6O6S2/c1-52(31-13-15-32(16-14-31)59-46(57)47(58,41-12-6-25-60-41)42-21-20-40(61-42)29-8-3-2-4-9-29)23-7-24-53-45-36-11-5-10-33(36)30(26-37(45)50-51-53)27-48-28-39(55)34-17-19-38(54)44-35(34)18-22-43(56)49-44/h2-4,6,8-9,12,17-22,25-26,31-32,39,48,54-55,58H,5,7,10-11,13-16,23-24,27-28H2,1H3,(H,49,56)/t31?,32?,39-,47?/m0/s1. The number of thiophene rings is 2. The van der Waals surface area contributed by atoms with Crippen molar-refractivity contribution in [2.75, 3.05) is 20.1 Å². The summed E-state index contributed by atoms with van der Waals surface area (Å²) in [5.41, 5.74) is 5.64. The summed E-state index contributed by atoms with van der Waals surface area (Å²) in [4.78, 5) is 32.9. The predicted octanol–water partition coefficient (Wildman–Crippen LogP) is 7.19. The number of aliphatic hydroxyl groups excluding tert-OH is 1. The first-order chi connectivity index (χ1) is 29.7. The number of carbonyl (C=O) groups is 1. The first kappa shape index (κ1) is 41.1. The molecule has 9 rings (SSSR count). The molecule has 61 heavy (non-hydrogen) atoms. The van der Waals surface area contributed by atoms with Gasteiger partial charge >= 0.3 is 5.97 Å². The molecule has 7 aromatic rings. The highest BCUT2D eigenvalue weighted by Crippen LogP contribution is 2.42. The van der Waals surface area contributed by atoms with Crippen LogP contribution in [-0.2, 0) is 41.1 Å². The lowest BCUT2D eigenvalue weighted by molar-refractivity contribution is -0.169. The molecule has 0 spiro atoms. The second kappa shape index (κ2) is 17.6. The zero-order valence-electron chi connectivity index (χ0n) is 34.0. The van der Waals surface area contributed by atoms with E-state index in [2.05, 4.69) is 43.3 Å². The number of pyridine rings is 1. The highest BCUT2D eigenvalue weighted by atomic mass is 32.1. The summed E-state index contributed by atoms with van der Waals surface area (Å²) in [6.45, 7) is 2.52. The van der Waals surface area contributed by atoms with Crippen molar-refractivity contribution in [3.63, 3.8) is 0 Å². The minimum absolute atomic E-state index is 0.0331. The van der Waals surface area contributed by atoms with Gasteiger partial charge in [0.05, 0.1) is 26.9 Å². The van der Waals surface area contributed by atoms with Crippen molar-refractivity contribution >= 4 is 50.6 Å². The van der Waals surface area contributed by atoms with Gasteiger partial charge in [-0.3, -0.25) is 4.79 Å². The molecular weight excluding hydrogens is 809 g/mol. The molecule has 14 heteroatoms. The Labute approximate surface area is 361 Å². The molecule has 5 N–H and O–H groups in total. The Bertz CT molecular complexity index is 2710. The number of aryl methyl sites for hydroxylation is 2. The number of phenolic OH excluding ortho intramolecular Hbond substituents is 1. The van der Waals surface area contributed by atoms with Crippen LogP contribution in [0.1, 0.15) is 76.6 Å². The molecule has 4 heterocycles. The fourth-order valence-corrected chi connectivity index (χ4v) is 11.2. The van der Waals surface area contributed by atoms with Gasteiger partial charge in [-0.25, -0.2) is 9.48 Å². The molecule has 1 fully saturated rings. The lowest BCUT2D eigenvalue weighted by atomic mass is 9.91. The highest BCUT2D eigenvalue weighted by molar-refractivity contribution is 7.16. The smallest absolute Gasteiger partial charge is 0.349 e. The first-order valence-corrected chi connectivity index (χ1v) is 22.8. The number of hydrogen-bond donors (Lipinski definition) is 5. The van der Waals surface area contributed by atoms with Crippen molar-refractivity contribution in [2.45, 2.75) is 88.3 Å². The second-order valence-corrected chi connectivity index (χ2v) is 18.4. The molecule has 1 unspecified atom stereocenters. The van der Waals surface area contributed by atoms with Gasteiger partial charge in [-0.15, -0.1) is 27.8 Å². The lowest BCUT2D eigenvalue weighted by Crippen LogP contribution is -2.42. The molecule has 2 aliphatic rings. The number of esters is 1. The molecule has 1 saturated carbocycles. The molecular formula is C47H50N6O6S2. The number of fused-ring (bicyclic) bond motifs is 4. The maximum absolute atomic E-state index is 13.9. The van der Waals surface area contributed by atoms with Gasteiger partial charge in [0, 0.05) is 42.0 Å². The van der Waals surface area contributed by atoms with Crippen molar-refractivity contribution in [3.8, 4) is 16.2 Å². The van der Waals surface area contributed by atoms with Crippen LogP contribution in [0.25, 0.3) is 32.4 Å². The van der Waals surface area contributed by atoms with E-state index in [0.717, 1.165) is 85.9 Å². The van der Waals surface area contributed by atoms with Crippen LogP contribution in [0.15, 0.2) is 95.1 Å². The lowest BCUT2D eigenvalue weighted by Gasteiger charge is -2.35. The number of phenols is 1. The van der Waals surface area contributed by atoms with Crippen molar-refractivity contribution in [1.29, 1.82) is 0 Å². The van der Waals surface area contributed by atoms with Crippen LogP contribution in [-0.4, -0.2) is 78.4 Å². The molecule has 12 nitrogen and oxygen atoms in total. The van der Waals surface area contributed by atoms with Gasteiger partial charge < -0.3 is 35.3 Å². The molecule has 0 aliphatic heterocycles. The summed E-state index contributed by atoms with van der Waals surface area (Å²) in [5.74, 6) is -0.643. The topological polar surface area (TPSA) is 166 Å². The van der Waals surface area contributed by atoms with E-state index in [4.69, 9.17) is 4.74 Å². The summed E-state index contributed by atoms with van der Waals surface area (Å²) in [5, 5.41) is 48.5. The van der Waals surface area contributed by atoms with E-state index in [9.17, 15) is 24.9 Å². The van der Waals surface area contributed by atoms with Gasteiger partial charge in [0.1, 0.15) is 17.4 Å². The van der Waals surface area contributed by atoms with E-state index in [1.54, 1.807) is 18.2 Å². The van der Waals surface area contributed by atoms with Gasteiger partial charge in [0.15, 0.2) is 0 Å². The average Bonchev–Trinajstić information content (AvgIpc) is 4.12. The van der Waals surface area contributed by atoms with Crippen LogP contribution >= 0.6 is 22.7 Å². The number of aromatic nitrogens is 4. The summed E-state index contributed by atoms with van der Waals surface area (Å²) in [7, 11) is 2.17. The third-order valence-electron chi connectivity index (χ3n) is 12.5. The van der Waals surface area contributed by atoms with Crippen LogP contribution in [0.3, 0.4) is 0 Å². The summed E-state index contributed by atoms with van der Waals surface area (Å²) < 4.78 is 8.19. The zero-order valence-corrected chi connectivity index (χ0v) is 35.7. The van der Waals surface area contributed by atoms with Gasteiger partial charge in [0.2, 0.25) is 11.2 Å². The number of hydrogen-bond acceptors (Lipinski definition) is 12. The van der Waals surface area contributed by atoms with Gasteiger partial charge in [0.25, 0.3) is 0 Å². The summed E-state index contributed by atoms with van der Waals surface area (Å²) in [6.07, 6.45) is 6.16. The third kappa shape index (κ3) is 8.28. The van der Waals surface area contributed by atoms with Crippen LogP contribution in [0.5, 0.6) is 5.75 Å². The number of H-pyrrole nitrogens is 1. The number of benzene rings is 3. The molecule has 0 amide bonds. The van der Waals surface area contributed by atoms with Crippen LogP contribution in [0.2, 0.25) is 0 Å². The maximum Gasteiger partial charge on any atom is 0.349 e. The number of nitrogens with zero attached hydrogens (tertiary/aromatic N) is 4. The summed E-state index contributed by atoms with van der Waals surface area (Å²) in [6, 6.07) is 26.2.